The number of hydrogen-bond acceptors (Lipinski definition) is 1. The van der Waals surface area contributed by atoms with E-state index in [1.165, 1.54) is 70.6 Å². The lowest BCUT2D eigenvalue weighted by molar-refractivity contribution is -0.130. The van der Waals surface area contributed by atoms with Crippen molar-refractivity contribution < 1.29 is 4.79 Å². The summed E-state index contributed by atoms with van der Waals surface area (Å²) in [6.45, 7) is 4.34. The van der Waals surface area contributed by atoms with E-state index < -0.39 is 0 Å². The number of hydrogen-bond donors (Lipinski definition) is 0. The van der Waals surface area contributed by atoms with Crippen molar-refractivity contribution in [2.24, 2.45) is 23.7 Å². The summed E-state index contributed by atoms with van der Waals surface area (Å²) in [6, 6.07) is 0. The van der Waals surface area contributed by atoms with Crippen molar-refractivity contribution in [2.45, 2.75) is 110 Å². The van der Waals surface area contributed by atoms with Gasteiger partial charge >= 0.3 is 0 Å². The standard InChI is InChI=1S/C24H43NO/c1-2-3-7-12-20-17-22(20)19-23-18-21(23)13-8-5-4-6-9-14-24(26)25-15-10-11-16-25/h20-23H,2-19H2,1H3. The summed E-state index contributed by atoms with van der Waals surface area (Å²) in [5.74, 6) is 4.84. The summed E-state index contributed by atoms with van der Waals surface area (Å²) < 4.78 is 0. The fraction of sp³-hybridized carbons (Fsp3) is 0.958. The molecular formula is C24H43NO. The molecule has 0 aromatic heterocycles. The molecule has 3 aliphatic rings. The Hall–Kier alpha value is -0.530. The van der Waals surface area contributed by atoms with Crippen LogP contribution in [0.15, 0.2) is 0 Å². The Balaban J connectivity index is 1.09. The Bertz CT molecular complexity index is 414. The van der Waals surface area contributed by atoms with Crippen LogP contribution >= 0.6 is 0 Å². The van der Waals surface area contributed by atoms with Crippen LogP contribution in [0.2, 0.25) is 0 Å². The van der Waals surface area contributed by atoms with Crippen molar-refractivity contribution in [3.63, 3.8) is 0 Å². The number of amides is 1. The summed E-state index contributed by atoms with van der Waals surface area (Å²) in [5.41, 5.74) is 0. The molecule has 3 fully saturated rings. The zero-order valence-electron chi connectivity index (χ0n) is 17.4. The molecule has 0 radical (unpaired) electrons. The topological polar surface area (TPSA) is 20.3 Å². The Labute approximate surface area is 162 Å². The van der Waals surface area contributed by atoms with Gasteiger partial charge in [-0.1, -0.05) is 64.7 Å². The average Bonchev–Trinajstić information content (AvgIpc) is 3.49. The van der Waals surface area contributed by atoms with Gasteiger partial charge < -0.3 is 4.90 Å². The second-order valence-corrected chi connectivity index (χ2v) is 9.64. The van der Waals surface area contributed by atoms with Crippen molar-refractivity contribution in [3.05, 3.63) is 0 Å². The molecule has 0 aromatic rings. The molecule has 2 saturated carbocycles. The first-order chi connectivity index (χ1) is 12.8. The third kappa shape index (κ3) is 6.89. The van der Waals surface area contributed by atoms with Crippen molar-refractivity contribution in [1.82, 2.24) is 4.90 Å². The number of rotatable bonds is 14. The molecule has 1 aliphatic heterocycles. The van der Waals surface area contributed by atoms with E-state index in [9.17, 15) is 4.79 Å². The highest BCUT2D eigenvalue weighted by molar-refractivity contribution is 5.76. The van der Waals surface area contributed by atoms with E-state index in [1.807, 2.05) is 0 Å². The zero-order valence-corrected chi connectivity index (χ0v) is 17.4. The molecule has 0 bridgehead atoms. The fourth-order valence-electron chi connectivity index (χ4n) is 5.29. The minimum absolute atomic E-state index is 0.413. The summed E-state index contributed by atoms with van der Waals surface area (Å²) in [4.78, 5) is 14.1. The molecule has 3 rings (SSSR count). The molecule has 0 aromatic carbocycles. The highest BCUT2D eigenvalue weighted by Gasteiger charge is 2.44. The largest absolute Gasteiger partial charge is 0.343 e. The van der Waals surface area contributed by atoms with Gasteiger partial charge in [-0.2, -0.15) is 0 Å². The second-order valence-electron chi connectivity index (χ2n) is 9.64. The maximum atomic E-state index is 12.0. The first kappa shape index (κ1) is 20.2. The quantitative estimate of drug-likeness (QED) is 0.320. The summed E-state index contributed by atoms with van der Waals surface area (Å²) in [5, 5.41) is 0. The number of likely N-dealkylation sites (tertiary alicyclic amines) is 1. The first-order valence-corrected chi connectivity index (χ1v) is 12.1. The normalized spacial score (nSPS) is 30.0. The van der Waals surface area contributed by atoms with Gasteiger partial charge in [0.05, 0.1) is 0 Å². The van der Waals surface area contributed by atoms with Crippen LogP contribution in [0.25, 0.3) is 0 Å². The van der Waals surface area contributed by atoms with Gasteiger partial charge in [0.1, 0.15) is 0 Å². The zero-order chi connectivity index (χ0) is 18.2. The molecule has 1 saturated heterocycles. The summed E-state index contributed by atoms with van der Waals surface area (Å²) >= 11 is 0. The van der Waals surface area contributed by atoms with Crippen molar-refractivity contribution in [3.8, 4) is 0 Å². The smallest absolute Gasteiger partial charge is 0.222 e. The average molecular weight is 362 g/mol. The molecule has 2 aliphatic carbocycles. The van der Waals surface area contributed by atoms with E-state index in [2.05, 4.69) is 11.8 Å². The van der Waals surface area contributed by atoms with Crippen LogP contribution in [0.4, 0.5) is 0 Å². The maximum absolute atomic E-state index is 12.0. The number of unbranched alkanes of at least 4 members (excludes halogenated alkanes) is 6. The van der Waals surface area contributed by atoms with Gasteiger partial charge in [0, 0.05) is 19.5 Å². The minimum atomic E-state index is 0.413. The molecule has 2 heteroatoms. The Morgan fingerprint density at radius 3 is 2.00 bits per heavy atom. The monoisotopic (exact) mass is 361 g/mol. The molecule has 26 heavy (non-hydrogen) atoms. The van der Waals surface area contributed by atoms with Gasteiger partial charge in [-0.3, -0.25) is 4.79 Å². The molecular weight excluding hydrogens is 318 g/mol. The molecule has 1 amide bonds. The van der Waals surface area contributed by atoms with E-state index in [0.717, 1.165) is 49.6 Å². The molecule has 4 unspecified atom stereocenters. The van der Waals surface area contributed by atoms with Crippen LogP contribution < -0.4 is 0 Å². The highest BCUT2D eigenvalue weighted by atomic mass is 16.2. The SMILES string of the molecule is CCCCCC1CC1CC1CC1CCCCCCCC(=O)N1CCCC1. The Morgan fingerprint density at radius 1 is 0.769 bits per heavy atom. The van der Waals surface area contributed by atoms with E-state index in [-0.39, 0.29) is 0 Å². The molecule has 2 nitrogen and oxygen atoms in total. The van der Waals surface area contributed by atoms with Crippen molar-refractivity contribution in [1.29, 1.82) is 0 Å². The van der Waals surface area contributed by atoms with Crippen LogP contribution in [0, 0.1) is 23.7 Å². The molecule has 150 valence electrons. The van der Waals surface area contributed by atoms with Crippen molar-refractivity contribution in [2.75, 3.05) is 13.1 Å². The van der Waals surface area contributed by atoms with E-state index in [4.69, 9.17) is 0 Å². The van der Waals surface area contributed by atoms with Crippen LogP contribution in [-0.4, -0.2) is 23.9 Å². The van der Waals surface area contributed by atoms with E-state index in [1.54, 1.807) is 19.3 Å². The molecule has 0 spiro atoms. The van der Waals surface area contributed by atoms with Crippen LogP contribution in [0.3, 0.4) is 0 Å². The van der Waals surface area contributed by atoms with Gasteiger partial charge in [0.2, 0.25) is 5.91 Å². The Morgan fingerprint density at radius 2 is 1.35 bits per heavy atom. The molecule has 0 N–H and O–H groups in total. The number of carbonyl (C=O) groups is 1. The lowest BCUT2D eigenvalue weighted by atomic mass is 10.0. The third-order valence-electron chi connectivity index (χ3n) is 7.35. The minimum Gasteiger partial charge on any atom is -0.343 e. The highest BCUT2D eigenvalue weighted by Crippen LogP contribution is 2.54. The predicted molar refractivity (Wildman–Crippen MR) is 110 cm³/mol. The molecule has 1 heterocycles. The van der Waals surface area contributed by atoms with Gasteiger partial charge in [-0.25, -0.2) is 0 Å². The van der Waals surface area contributed by atoms with E-state index >= 15 is 0 Å². The number of carbonyl (C=O) groups excluding carboxylic acids is 1. The first-order valence-electron chi connectivity index (χ1n) is 12.1. The third-order valence-corrected chi connectivity index (χ3v) is 7.35. The lowest BCUT2D eigenvalue weighted by Gasteiger charge is -2.14. The van der Waals surface area contributed by atoms with Crippen LogP contribution in [-0.2, 0) is 4.79 Å². The lowest BCUT2D eigenvalue weighted by Crippen LogP contribution is -2.27. The van der Waals surface area contributed by atoms with Gasteiger partial charge in [0.15, 0.2) is 0 Å². The number of nitrogens with zero attached hydrogens (tertiary/aromatic N) is 1. The van der Waals surface area contributed by atoms with Crippen molar-refractivity contribution >= 4 is 5.91 Å². The van der Waals surface area contributed by atoms with Crippen LogP contribution in [0.1, 0.15) is 110 Å². The van der Waals surface area contributed by atoms with Gasteiger partial charge in [-0.15, -0.1) is 0 Å². The molecule has 4 atom stereocenters. The summed E-state index contributed by atoms with van der Waals surface area (Å²) in [6.07, 6.45) is 21.8. The fourth-order valence-corrected chi connectivity index (χ4v) is 5.29. The summed E-state index contributed by atoms with van der Waals surface area (Å²) in [7, 11) is 0. The van der Waals surface area contributed by atoms with E-state index in [0.29, 0.717) is 5.91 Å². The predicted octanol–water partition coefficient (Wildman–Crippen LogP) is 6.58. The van der Waals surface area contributed by atoms with Crippen LogP contribution in [0.5, 0.6) is 0 Å². The maximum Gasteiger partial charge on any atom is 0.222 e. The Kier molecular flexibility index (Phi) is 8.33. The van der Waals surface area contributed by atoms with Gasteiger partial charge in [-0.05, 0) is 62.2 Å². The van der Waals surface area contributed by atoms with Gasteiger partial charge in [0.25, 0.3) is 0 Å². The second kappa shape index (κ2) is 10.7.